The van der Waals surface area contributed by atoms with Gasteiger partial charge in [0.1, 0.15) is 0 Å². The van der Waals surface area contributed by atoms with Gasteiger partial charge < -0.3 is 30.3 Å². The highest BCUT2D eigenvalue weighted by atomic mass is 16.5. The Kier molecular flexibility index (Phi) is 6.32. The molecule has 2 saturated heterocycles. The molecule has 2 fully saturated rings. The number of fused-ring (bicyclic) bond motifs is 1. The molecule has 3 amide bonds. The van der Waals surface area contributed by atoms with E-state index in [1.54, 1.807) is 29.2 Å². The average Bonchev–Trinajstić information content (AvgIpc) is 3.32. The maximum absolute atomic E-state index is 13.2. The molecule has 2 atom stereocenters. The first kappa shape index (κ1) is 22.5. The van der Waals surface area contributed by atoms with Gasteiger partial charge in [0.15, 0.2) is 12.2 Å². The van der Waals surface area contributed by atoms with Gasteiger partial charge in [0.25, 0.3) is 11.8 Å². The van der Waals surface area contributed by atoms with E-state index >= 15 is 0 Å². The molecular formula is C25H28N4O5. The summed E-state index contributed by atoms with van der Waals surface area (Å²) in [5.41, 5.74) is 4.17. The molecule has 3 heterocycles. The van der Waals surface area contributed by atoms with E-state index in [0.29, 0.717) is 30.9 Å². The van der Waals surface area contributed by atoms with Crippen molar-refractivity contribution in [2.75, 3.05) is 34.8 Å². The zero-order valence-electron chi connectivity index (χ0n) is 18.8. The van der Waals surface area contributed by atoms with Gasteiger partial charge >= 0.3 is 0 Å². The van der Waals surface area contributed by atoms with Gasteiger partial charge in [0.05, 0.1) is 6.61 Å². The van der Waals surface area contributed by atoms with Gasteiger partial charge in [-0.25, -0.2) is 0 Å². The molecule has 0 aromatic heterocycles. The second-order valence-electron chi connectivity index (χ2n) is 8.82. The van der Waals surface area contributed by atoms with Crippen LogP contribution in [0.2, 0.25) is 0 Å². The first-order valence-corrected chi connectivity index (χ1v) is 11.7. The number of piperidine rings is 1. The van der Waals surface area contributed by atoms with Crippen LogP contribution in [0.3, 0.4) is 0 Å². The fraction of sp³-hybridized carbons (Fsp3) is 0.400. The van der Waals surface area contributed by atoms with Crippen LogP contribution in [-0.2, 0) is 32.2 Å². The smallest absolute Gasteiger partial charge is 0.259 e. The number of rotatable bonds is 5. The SMILES string of the molecule is O=C(Nc1ccc2c(c1)CNC2)[C@H](O)[C@H]1OCCN(c2cccc(N3CCCCC3=O)c2)C1=O. The number of ether oxygens (including phenoxy) is 1. The summed E-state index contributed by atoms with van der Waals surface area (Å²) >= 11 is 0. The quantitative estimate of drug-likeness (QED) is 0.619. The van der Waals surface area contributed by atoms with E-state index in [0.717, 1.165) is 37.2 Å². The number of aliphatic hydroxyl groups excluding tert-OH is 1. The molecule has 9 heteroatoms. The van der Waals surface area contributed by atoms with Gasteiger partial charge in [-0.2, -0.15) is 0 Å². The van der Waals surface area contributed by atoms with Crippen LogP contribution >= 0.6 is 0 Å². The van der Waals surface area contributed by atoms with Gasteiger partial charge in [-0.05, 0) is 54.3 Å². The normalized spacial score (nSPS) is 21.4. The number of anilines is 3. The fourth-order valence-corrected chi connectivity index (χ4v) is 4.72. The minimum Gasteiger partial charge on any atom is -0.380 e. The van der Waals surface area contributed by atoms with Crippen molar-refractivity contribution < 1.29 is 24.2 Å². The Balaban J connectivity index is 1.29. The van der Waals surface area contributed by atoms with Crippen LogP contribution in [0, 0.1) is 0 Å². The molecule has 0 bridgehead atoms. The molecule has 178 valence electrons. The zero-order chi connectivity index (χ0) is 23.7. The fourth-order valence-electron chi connectivity index (χ4n) is 4.72. The first-order chi connectivity index (χ1) is 16.5. The van der Waals surface area contributed by atoms with Crippen LogP contribution in [0.4, 0.5) is 17.1 Å². The molecule has 2 aromatic carbocycles. The van der Waals surface area contributed by atoms with Gasteiger partial charge in [-0.1, -0.05) is 12.1 Å². The highest BCUT2D eigenvalue weighted by Gasteiger charge is 2.39. The van der Waals surface area contributed by atoms with Crippen molar-refractivity contribution in [2.45, 2.75) is 44.6 Å². The molecule has 0 unspecified atom stereocenters. The molecule has 0 radical (unpaired) electrons. The molecule has 3 aliphatic heterocycles. The second kappa shape index (κ2) is 9.54. The Morgan fingerprint density at radius 1 is 1.03 bits per heavy atom. The molecule has 5 rings (SSSR count). The van der Waals surface area contributed by atoms with Gasteiger partial charge in [0, 0.05) is 49.7 Å². The van der Waals surface area contributed by atoms with Crippen LogP contribution < -0.4 is 20.4 Å². The lowest BCUT2D eigenvalue weighted by Gasteiger charge is -2.35. The van der Waals surface area contributed by atoms with Crippen molar-refractivity contribution in [3.05, 3.63) is 53.6 Å². The van der Waals surface area contributed by atoms with E-state index in [4.69, 9.17) is 4.74 Å². The lowest BCUT2D eigenvalue weighted by Crippen LogP contribution is -2.55. The van der Waals surface area contributed by atoms with Crippen molar-refractivity contribution in [3.8, 4) is 0 Å². The monoisotopic (exact) mass is 464 g/mol. The lowest BCUT2D eigenvalue weighted by atomic mass is 10.1. The number of hydrogen-bond donors (Lipinski definition) is 3. The van der Waals surface area contributed by atoms with Crippen molar-refractivity contribution in [2.24, 2.45) is 0 Å². The van der Waals surface area contributed by atoms with Crippen LogP contribution in [0.5, 0.6) is 0 Å². The number of carbonyl (C=O) groups is 3. The zero-order valence-corrected chi connectivity index (χ0v) is 18.8. The third-order valence-electron chi connectivity index (χ3n) is 6.56. The van der Waals surface area contributed by atoms with Crippen LogP contribution in [-0.4, -0.2) is 54.7 Å². The summed E-state index contributed by atoms with van der Waals surface area (Å²) < 4.78 is 5.52. The number of amides is 3. The Morgan fingerprint density at radius 3 is 2.65 bits per heavy atom. The molecule has 3 aliphatic rings. The maximum atomic E-state index is 13.2. The molecule has 0 aliphatic carbocycles. The molecule has 9 nitrogen and oxygen atoms in total. The molecule has 3 N–H and O–H groups in total. The summed E-state index contributed by atoms with van der Waals surface area (Å²) in [5, 5.41) is 16.6. The maximum Gasteiger partial charge on any atom is 0.259 e. The van der Waals surface area contributed by atoms with Gasteiger partial charge in [0.2, 0.25) is 5.91 Å². The van der Waals surface area contributed by atoms with Crippen molar-refractivity contribution in [3.63, 3.8) is 0 Å². The Bertz CT molecular complexity index is 1120. The first-order valence-electron chi connectivity index (χ1n) is 11.7. The highest BCUT2D eigenvalue weighted by Crippen LogP contribution is 2.28. The van der Waals surface area contributed by atoms with E-state index in [2.05, 4.69) is 10.6 Å². The summed E-state index contributed by atoms with van der Waals surface area (Å²) in [4.78, 5) is 41.5. The molecule has 2 aromatic rings. The number of aliphatic hydroxyl groups is 1. The van der Waals surface area contributed by atoms with Gasteiger partial charge in [-0.3, -0.25) is 14.4 Å². The third-order valence-corrected chi connectivity index (χ3v) is 6.56. The topological polar surface area (TPSA) is 111 Å². The summed E-state index contributed by atoms with van der Waals surface area (Å²) in [7, 11) is 0. The largest absolute Gasteiger partial charge is 0.380 e. The molecular weight excluding hydrogens is 436 g/mol. The van der Waals surface area contributed by atoms with Crippen LogP contribution in [0.25, 0.3) is 0 Å². The van der Waals surface area contributed by atoms with E-state index in [1.165, 1.54) is 10.5 Å². The third kappa shape index (κ3) is 4.42. The Morgan fingerprint density at radius 2 is 1.82 bits per heavy atom. The molecule has 0 saturated carbocycles. The highest BCUT2D eigenvalue weighted by molar-refractivity contribution is 6.04. The number of morpholine rings is 1. The average molecular weight is 465 g/mol. The van der Waals surface area contributed by atoms with Crippen molar-refractivity contribution in [1.82, 2.24) is 5.32 Å². The summed E-state index contributed by atoms with van der Waals surface area (Å²) in [6.07, 6.45) is -0.624. The van der Waals surface area contributed by atoms with Gasteiger partial charge in [-0.15, -0.1) is 0 Å². The number of nitrogens with zero attached hydrogens (tertiary/aromatic N) is 2. The van der Waals surface area contributed by atoms with E-state index in [1.807, 2.05) is 18.2 Å². The predicted molar refractivity (Wildman–Crippen MR) is 126 cm³/mol. The summed E-state index contributed by atoms with van der Waals surface area (Å²) in [6.45, 7) is 2.64. The number of benzene rings is 2. The van der Waals surface area contributed by atoms with Crippen LogP contribution in [0.1, 0.15) is 30.4 Å². The minimum absolute atomic E-state index is 0.0732. The van der Waals surface area contributed by atoms with Crippen LogP contribution in [0.15, 0.2) is 42.5 Å². The standard InChI is InChI=1S/C25H28N4O5/c30-21-6-1-2-9-28(21)19-4-3-5-20(13-19)29-10-11-34-23(25(29)33)22(31)24(32)27-18-8-7-16-14-26-15-17(16)12-18/h3-5,7-8,12-13,22-23,26,31H,1-2,6,9-11,14-15H2,(H,27,32)/t22-,23-/m1/s1. The number of hydrogen-bond acceptors (Lipinski definition) is 6. The number of carbonyl (C=O) groups excluding carboxylic acids is 3. The Labute approximate surface area is 197 Å². The lowest BCUT2D eigenvalue weighted by molar-refractivity contribution is -0.150. The summed E-state index contributed by atoms with van der Waals surface area (Å²) in [6, 6.07) is 12.8. The van der Waals surface area contributed by atoms with E-state index in [-0.39, 0.29) is 12.5 Å². The predicted octanol–water partition coefficient (Wildman–Crippen LogP) is 1.54. The van der Waals surface area contributed by atoms with E-state index in [9.17, 15) is 19.5 Å². The van der Waals surface area contributed by atoms with E-state index < -0.39 is 24.0 Å². The molecule has 0 spiro atoms. The molecule has 34 heavy (non-hydrogen) atoms. The number of nitrogens with one attached hydrogen (secondary N) is 2. The summed E-state index contributed by atoms with van der Waals surface area (Å²) in [5.74, 6) is -1.11. The van der Waals surface area contributed by atoms with Crippen molar-refractivity contribution in [1.29, 1.82) is 0 Å². The Hall–Kier alpha value is -3.27. The second-order valence-corrected chi connectivity index (χ2v) is 8.82. The minimum atomic E-state index is -1.66. The van der Waals surface area contributed by atoms with Crippen molar-refractivity contribution >= 4 is 34.8 Å².